The van der Waals surface area contributed by atoms with Crippen LogP contribution in [-0.2, 0) is 12.8 Å². The van der Waals surface area contributed by atoms with Gasteiger partial charge in [-0.05, 0) is 61.4 Å². The third-order valence-corrected chi connectivity index (χ3v) is 5.24. The van der Waals surface area contributed by atoms with Crippen LogP contribution in [0.2, 0.25) is 0 Å². The molecule has 3 aromatic rings. The monoisotopic (exact) mass is 392 g/mol. The van der Waals surface area contributed by atoms with Gasteiger partial charge in [0, 0.05) is 35.5 Å². The van der Waals surface area contributed by atoms with E-state index in [4.69, 9.17) is 23.0 Å². The number of aryl methyl sites for hydroxylation is 1. The van der Waals surface area contributed by atoms with Crippen molar-refractivity contribution in [2.75, 3.05) is 12.9 Å². The molecule has 0 amide bonds. The first kappa shape index (κ1) is 20.1. The molecule has 0 fully saturated rings. The fourth-order valence-electron chi connectivity index (χ4n) is 3.68. The second kappa shape index (κ2) is 9.52. The molecule has 0 saturated heterocycles. The normalized spacial score (nSPS) is 14.0. The van der Waals surface area contributed by atoms with Crippen LogP contribution in [0.4, 0.5) is 0 Å². The van der Waals surface area contributed by atoms with E-state index in [-0.39, 0.29) is 0 Å². The number of pyridine rings is 1. The Morgan fingerprint density at radius 3 is 2.75 bits per heavy atom. The van der Waals surface area contributed by atoms with E-state index >= 15 is 0 Å². The van der Waals surface area contributed by atoms with Crippen molar-refractivity contribution in [3.05, 3.63) is 41.2 Å². The van der Waals surface area contributed by atoms with Crippen LogP contribution in [0.1, 0.15) is 43.0 Å². The number of nitrogens with zero attached hydrogens (tertiary/aromatic N) is 3. The zero-order chi connectivity index (χ0) is 19.9. The zero-order valence-corrected chi connectivity index (χ0v) is 17.2. The van der Waals surface area contributed by atoms with E-state index in [0.717, 1.165) is 52.8 Å². The van der Waals surface area contributed by atoms with Crippen molar-refractivity contribution in [1.82, 2.24) is 15.2 Å². The number of allylic oxidation sites excluding steroid dienone is 2. The summed E-state index contributed by atoms with van der Waals surface area (Å²) >= 11 is 5.19. The van der Waals surface area contributed by atoms with Crippen molar-refractivity contribution in [3.63, 3.8) is 0 Å². The maximum absolute atomic E-state index is 5.52. The number of H-pyrrole nitrogens is 1. The summed E-state index contributed by atoms with van der Waals surface area (Å²) in [6.07, 6.45) is 16.5. The molecule has 4 rings (SSSR count). The number of terminal acetylenes is 1. The van der Waals surface area contributed by atoms with E-state index in [1.807, 2.05) is 19.2 Å². The van der Waals surface area contributed by atoms with Crippen LogP contribution < -0.4 is 0 Å². The van der Waals surface area contributed by atoms with Gasteiger partial charge in [0.05, 0.1) is 22.9 Å². The number of hydrogen-bond donors (Lipinski definition) is 1. The highest BCUT2D eigenvalue weighted by Crippen LogP contribution is 2.35. The molecule has 0 unspecified atom stereocenters. The lowest BCUT2D eigenvalue weighted by atomic mass is 9.85. The second-order valence-corrected chi connectivity index (χ2v) is 7.14. The van der Waals surface area contributed by atoms with Gasteiger partial charge in [-0.1, -0.05) is 12.8 Å². The number of aromatic amines is 1. The van der Waals surface area contributed by atoms with Gasteiger partial charge in [0.25, 0.3) is 0 Å². The van der Waals surface area contributed by atoms with Crippen molar-refractivity contribution in [3.8, 4) is 12.3 Å². The summed E-state index contributed by atoms with van der Waals surface area (Å²) in [5.74, 6) is 3.41. The Bertz CT molecular complexity index is 1070. The number of alkyl halides is 1. The van der Waals surface area contributed by atoms with Crippen molar-refractivity contribution < 1.29 is 0 Å². The SMILES string of the molecule is C#C/C=C(\C=NC)c1nc2ccc3[nH]ncc3c2c2c1CCCC2.CCCCl. The summed E-state index contributed by atoms with van der Waals surface area (Å²) in [5, 5.41) is 9.64. The van der Waals surface area contributed by atoms with Gasteiger partial charge in [-0.15, -0.1) is 18.0 Å². The fourth-order valence-corrected chi connectivity index (χ4v) is 3.68. The van der Waals surface area contributed by atoms with Crippen LogP contribution in [0.5, 0.6) is 0 Å². The number of aromatic nitrogens is 3. The number of fused-ring (bicyclic) bond motifs is 5. The third kappa shape index (κ3) is 3.95. The molecule has 0 saturated carbocycles. The van der Waals surface area contributed by atoms with Gasteiger partial charge in [0.15, 0.2) is 0 Å². The molecule has 144 valence electrons. The van der Waals surface area contributed by atoms with E-state index in [1.165, 1.54) is 29.4 Å². The van der Waals surface area contributed by atoms with Gasteiger partial charge in [0.1, 0.15) is 0 Å². The Morgan fingerprint density at radius 2 is 2.07 bits per heavy atom. The van der Waals surface area contributed by atoms with Crippen LogP contribution in [0.3, 0.4) is 0 Å². The summed E-state index contributed by atoms with van der Waals surface area (Å²) in [6, 6.07) is 4.10. The van der Waals surface area contributed by atoms with Gasteiger partial charge in [-0.25, -0.2) is 4.98 Å². The summed E-state index contributed by atoms with van der Waals surface area (Å²) in [4.78, 5) is 9.12. The Balaban J connectivity index is 0.000000516. The number of hydrogen-bond acceptors (Lipinski definition) is 3. The topological polar surface area (TPSA) is 53.9 Å². The molecule has 0 aliphatic heterocycles. The second-order valence-electron chi connectivity index (χ2n) is 6.76. The third-order valence-electron chi connectivity index (χ3n) is 4.86. The largest absolute Gasteiger partial charge is 0.296 e. The minimum Gasteiger partial charge on any atom is -0.296 e. The molecule has 1 N–H and O–H groups in total. The summed E-state index contributed by atoms with van der Waals surface area (Å²) in [7, 11) is 1.76. The average molecular weight is 393 g/mol. The Kier molecular flexibility index (Phi) is 6.84. The predicted molar refractivity (Wildman–Crippen MR) is 120 cm³/mol. The van der Waals surface area contributed by atoms with E-state index in [1.54, 1.807) is 19.3 Å². The maximum atomic E-state index is 5.52. The minimum atomic E-state index is 0.792. The van der Waals surface area contributed by atoms with E-state index in [0.29, 0.717) is 0 Å². The maximum Gasteiger partial charge on any atom is 0.0766 e. The standard InChI is InChI=1S/C20H18N4.C3H7Cl/c1-3-6-13(11-21-2)20-15-8-5-4-7-14(15)19-16-12-22-24-17(16)9-10-18(19)23-20;1-2-3-4/h1,6,9-12H,4-5,7-8H2,2H3,(H,22,24);2-3H2,1H3/b13-6+,21-11?;. The van der Waals surface area contributed by atoms with Crippen molar-refractivity contribution in [1.29, 1.82) is 0 Å². The van der Waals surface area contributed by atoms with Gasteiger partial charge in [0.2, 0.25) is 0 Å². The first-order valence-corrected chi connectivity index (χ1v) is 10.2. The summed E-state index contributed by atoms with van der Waals surface area (Å²) < 4.78 is 0. The highest BCUT2D eigenvalue weighted by atomic mass is 35.5. The molecule has 1 aromatic carbocycles. The Labute approximate surface area is 171 Å². The van der Waals surface area contributed by atoms with Crippen molar-refractivity contribution in [2.45, 2.75) is 39.0 Å². The quantitative estimate of drug-likeness (QED) is 0.371. The van der Waals surface area contributed by atoms with Crippen LogP contribution in [0, 0.1) is 12.3 Å². The number of benzene rings is 1. The first-order chi connectivity index (χ1) is 13.7. The van der Waals surface area contributed by atoms with Crippen LogP contribution in [0.15, 0.2) is 29.4 Å². The molecule has 0 radical (unpaired) electrons. The number of rotatable bonds is 3. The highest BCUT2D eigenvalue weighted by molar-refractivity contribution is 6.17. The lowest BCUT2D eigenvalue weighted by molar-refractivity contribution is 0.686. The summed E-state index contributed by atoms with van der Waals surface area (Å²) in [6.45, 7) is 2.05. The zero-order valence-electron chi connectivity index (χ0n) is 16.4. The molecular weight excluding hydrogens is 368 g/mol. The first-order valence-electron chi connectivity index (χ1n) is 9.67. The molecule has 4 nitrogen and oxygen atoms in total. The van der Waals surface area contributed by atoms with Gasteiger partial charge in [-0.2, -0.15) is 5.10 Å². The van der Waals surface area contributed by atoms with Crippen LogP contribution in [0.25, 0.3) is 27.4 Å². The van der Waals surface area contributed by atoms with Gasteiger partial charge in [-0.3, -0.25) is 10.1 Å². The molecule has 1 aliphatic carbocycles. The van der Waals surface area contributed by atoms with E-state index < -0.39 is 0 Å². The lowest BCUT2D eigenvalue weighted by Crippen LogP contribution is -2.10. The number of nitrogens with one attached hydrogen (secondary N) is 1. The molecule has 5 heteroatoms. The molecule has 1 aliphatic rings. The van der Waals surface area contributed by atoms with E-state index in [2.05, 4.69) is 27.2 Å². The van der Waals surface area contributed by atoms with Gasteiger partial charge < -0.3 is 0 Å². The molecule has 2 heterocycles. The molecular formula is C23H25ClN4. The van der Waals surface area contributed by atoms with E-state index in [9.17, 15) is 0 Å². The molecule has 28 heavy (non-hydrogen) atoms. The van der Waals surface area contributed by atoms with Crippen LogP contribution >= 0.6 is 11.6 Å². The number of aliphatic imine (C=N–C) groups is 1. The Morgan fingerprint density at radius 1 is 1.32 bits per heavy atom. The molecule has 2 aromatic heterocycles. The molecule has 0 spiro atoms. The minimum absolute atomic E-state index is 0.792. The highest BCUT2D eigenvalue weighted by Gasteiger charge is 2.21. The van der Waals surface area contributed by atoms with Gasteiger partial charge >= 0.3 is 0 Å². The molecule has 0 atom stereocenters. The lowest BCUT2D eigenvalue weighted by Gasteiger charge is -2.21. The van der Waals surface area contributed by atoms with Crippen LogP contribution in [-0.4, -0.2) is 34.3 Å². The fraction of sp³-hybridized carbons (Fsp3) is 0.348. The molecule has 0 bridgehead atoms. The number of halogens is 1. The predicted octanol–water partition coefficient (Wildman–Crippen LogP) is 5.34. The Hall–Kier alpha value is -2.64. The summed E-state index contributed by atoms with van der Waals surface area (Å²) in [5.41, 5.74) is 6.63. The van der Waals surface area contributed by atoms with Crippen molar-refractivity contribution in [2.24, 2.45) is 4.99 Å². The average Bonchev–Trinajstić information content (AvgIpc) is 3.22. The van der Waals surface area contributed by atoms with Crippen molar-refractivity contribution >= 4 is 45.2 Å². The smallest absolute Gasteiger partial charge is 0.0766 e.